The number of hydrogen-bond acceptors (Lipinski definition) is 4. The number of carbonyl (C=O) groups excluding carboxylic acids is 2. The number of rotatable bonds is 4. The average Bonchev–Trinajstić information content (AvgIpc) is 3.50. The first-order valence-corrected chi connectivity index (χ1v) is 12.1. The van der Waals surface area contributed by atoms with E-state index in [1.807, 2.05) is 36.4 Å². The molecular formula is C28H19BrN2O4. The van der Waals surface area contributed by atoms with Gasteiger partial charge in [0.25, 0.3) is 5.69 Å². The molecule has 2 bridgehead atoms. The van der Waals surface area contributed by atoms with E-state index in [4.69, 9.17) is 0 Å². The summed E-state index contributed by atoms with van der Waals surface area (Å²) in [6.07, 6.45) is 4.12. The molecule has 6 rings (SSSR count). The molecule has 2 fully saturated rings. The van der Waals surface area contributed by atoms with Gasteiger partial charge in [-0.15, -0.1) is 0 Å². The maximum absolute atomic E-state index is 13.7. The van der Waals surface area contributed by atoms with Crippen LogP contribution in [0.1, 0.15) is 11.1 Å². The second kappa shape index (κ2) is 8.13. The van der Waals surface area contributed by atoms with Crippen LogP contribution in [0.3, 0.4) is 0 Å². The molecule has 7 heteroatoms. The van der Waals surface area contributed by atoms with Crippen molar-refractivity contribution in [1.82, 2.24) is 0 Å². The van der Waals surface area contributed by atoms with E-state index in [1.54, 1.807) is 0 Å². The highest BCUT2D eigenvalue weighted by atomic mass is 79.9. The normalized spacial score (nSPS) is 24.3. The Morgan fingerprint density at radius 2 is 1.31 bits per heavy atom. The van der Waals surface area contributed by atoms with Gasteiger partial charge in [0.05, 0.1) is 22.4 Å². The molecular weight excluding hydrogens is 508 g/mol. The van der Waals surface area contributed by atoms with Gasteiger partial charge in [0, 0.05) is 28.4 Å². The molecule has 1 aliphatic heterocycles. The van der Waals surface area contributed by atoms with E-state index in [9.17, 15) is 19.7 Å². The van der Waals surface area contributed by atoms with Crippen molar-refractivity contribution in [3.63, 3.8) is 0 Å². The lowest BCUT2D eigenvalue weighted by Crippen LogP contribution is -2.33. The third kappa shape index (κ3) is 3.22. The minimum Gasteiger partial charge on any atom is -0.274 e. The van der Waals surface area contributed by atoms with Gasteiger partial charge in [0.1, 0.15) is 0 Å². The summed E-state index contributed by atoms with van der Waals surface area (Å²) in [6.45, 7) is 0. The summed E-state index contributed by atoms with van der Waals surface area (Å²) < 4.78 is 0.346. The zero-order valence-corrected chi connectivity index (χ0v) is 20.0. The number of non-ortho nitro benzene ring substituents is 1. The second-order valence-corrected chi connectivity index (χ2v) is 9.81. The van der Waals surface area contributed by atoms with E-state index in [-0.39, 0.29) is 29.3 Å². The third-order valence-electron chi connectivity index (χ3n) is 7.21. The van der Waals surface area contributed by atoms with Gasteiger partial charge in [-0.2, -0.15) is 0 Å². The number of amides is 2. The van der Waals surface area contributed by atoms with Gasteiger partial charge in [-0.3, -0.25) is 19.7 Å². The Morgan fingerprint density at radius 1 is 0.800 bits per heavy atom. The van der Waals surface area contributed by atoms with Crippen LogP contribution in [-0.4, -0.2) is 16.7 Å². The molecule has 0 spiro atoms. The van der Waals surface area contributed by atoms with E-state index in [0.29, 0.717) is 10.2 Å². The third-order valence-corrected chi connectivity index (χ3v) is 7.85. The largest absolute Gasteiger partial charge is 0.274 e. The number of nitro groups is 1. The molecule has 2 aliphatic carbocycles. The molecule has 6 nitrogen and oxygen atoms in total. The van der Waals surface area contributed by atoms with Crippen LogP contribution in [0.5, 0.6) is 0 Å². The molecule has 4 atom stereocenters. The minimum absolute atomic E-state index is 0.109. The number of anilines is 1. The molecule has 1 saturated carbocycles. The van der Waals surface area contributed by atoms with Crippen molar-refractivity contribution in [2.24, 2.45) is 23.7 Å². The molecule has 35 heavy (non-hydrogen) atoms. The molecule has 2 amide bonds. The van der Waals surface area contributed by atoms with E-state index in [0.717, 1.165) is 22.3 Å². The number of imide groups is 1. The molecule has 1 saturated heterocycles. The van der Waals surface area contributed by atoms with Gasteiger partial charge in [0.15, 0.2) is 0 Å². The number of carbonyl (C=O) groups is 2. The van der Waals surface area contributed by atoms with Crippen molar-refractivity contribution in [1.29, 1.82) is 0 Å². The van der Waals surface area contributed by atoms with Crippen LogP contribution < -0.4 is 4.90 Å². The van der Waals surface area contributed by atoms with E-state index in [1.165, 1.54) is 23.1 Å². The van der Waals surface area contributed by atoms with E-state index >= 15 is 0 Å². The lowest BCUT2D eigenvalue weighted by atomic mass is 9.85. The topological polar surface area (TPSA) is 80.5 Å². The lowest BCUT2D eigenvalue weighted by molar-refractivity contribution is -0.384. The monoisotopic (exact) mass is 526 g/mol. The average molecular weight is 527 g/mol. The number of hydrogen-bond donors (Lipinski definition) is 0. The number of benzene rings is 3. The number of nitrogens with zero attached hydrogens (tertiary/aromatic N) is 2. The number of halogens is 1. The van der Waals surface area contributed by atoms with E-state index in [2.05, 4.69) is 52.3 Å². The van der Waals surface area contributed by atoms with Crippen LogP contribution in [0.2, 0.25) is 0 Å². The van der Waals surface area contributed by atoms with Gasteiger partial charge in [-0.1, -0.05) is 72.8 Å². The molecule has 0 aromatic heterocycles. The SMILES string of the molecule is O=C1C2C3C=CC(C3=C(c3ccccc3)c3ccccc3)C2C(=O)N1c1ccc([N+](=O)[O-])cc1Br. The van der Waals surface area contributed by atoms with E-state index < -0.39 is 16.8 Å². The van der Waals surface area contributed by atoms with Gasteiger partial charge in [-0.25, -0.2) is 4.90 Å². The van der Waals surface area contributed by atoms with Gasteiger partial charge in [-0.05, 0) is 44.3 Å². The molecule has 0 N–H and O–H groups in total. The Kier molecular flexibility index (Phi) is 5.04. The predicted molar refractivity (Wildman–Crippen MR) is 135 cm³/mol. The van der Waals surface area contributed by atoms with Crippen LogP contribution in [-0.2, 0) is 9.59 Å². The second-order valence-electron chi connectivity index (χ2n) is 8.96. The Morgan fingerprint density at radius 3 is 1.77 bits per heavy atom. The first-order valence-electron chi connectivity index (χ1n) is 11.3. The highest BCUT2D eigenvalue weighted by Gasteiger charge is 2.62. The number of fused-ring (bicyclic) bond motifs is 5. The first kappa shape index (κ1) is 21.7. The summed E-state index contributed by atoms with van der Waals surface area (Å²) in [4.78, 5) is 39.2. The molecule has 172 valence electrons. The lowest BCUT2D eigenvalue weighted by Gasteiger charge is -2.22. The van der Waals surface area contributed by atoms with Crippen LogP contribution in [0.4, 0.5) is 11.4 Å². The predicted octanol–water partition coefficient (Wildman–Crippen LogP) is 5.78. The smallest absolute Gasteiger partial charge is 0.270 e. The van der Waals surface area contributed by atoms with Crippen LogP contribution in [0.15, 0.2) is 101 Å². The minimum atomic E-state index is -0.507. The van der Waals surface area contributed by atoms with Crippen molar-refractivity contribution in [2.75, 3.05) is 4.90 Å². The quantitative estimate of drug-likeness (QED) is 0.187. The van der Waals surface area contributed by atoms with Crippen molar-refractivity contribution >= 4 is 44.7 Å². The highest BCUT2D eigenvalue weighted by Crippen LogP contribution is 2.59. The van der Waals surface area contributed by atoms with Crippen molar-refractivity contribution in [3.05, 3.63) is 122 Å². The van der Waals surface area contributed by atoms with Crippen LogP contribution in [0, 0.1) is 33.8 Å². The van der Waals surface area contributed by atoms with Gasteiger partial charge in [0.2, 0.25) is 11.8 Å². The summed E-state index contributed by atoms with van der Waals surface area (Å²) in [7, 11) is 0. The zero-order chi connectivity index (χ0) is 24.3. The molecule has 3 aliphatic rings. The van der Waals surface area contributed by atoms with Crippen molar-refractivity contribution in [3.8, 4) is 0 Å². The molecule has 4 unspecified atom stereocenters. The first-order chi connectivity index (χ1) is 17.0. The molecule has 1 heterocycles. The fraction of sp³-hybridized carbons (Fsp3) is 0.143. The summed E-state index contributed by atoms with van der Waals surface area (Å²) in [5, 5.41) is 11.1. The zero-order valence-electron chi connectivity index (χ0n) is 18.4. The number of nitro benzene ring substituents is 1. The van der Waals surface area contributed by atoms with Gasteiger partial charge >= 0.3 is 0 Å². The Bertz CT molecular complexity index is 1370. The molecule has 3 aromatic carbocycles. The Hall–Kier alpha value is -3.84. The van der Waals surface area contributed by atoms with Gasteiger partial charge < -0.3 is 0 Å². The maximum Gasteiger partial charge on any atom is 0.270 e. The molecule has 0 radical (unpaired) electrons. The fourth-order valence-electron chi connectivity index (χ4n) is 5.83. The van der Waals surface area contributed by atoms with Crippen LogP contribution >= 0.6 is 15.9 Å². The van der Waals surface area contributed by atoms with Crippen LogP contribution in [0.25, 0.3) is 5.57 Å². The summed E-state index contributed by atoms with van der Waals surface area (Å²) in [6, 6.07) is 24.3. The molecule has 3 aromatic rings. The maximum atomic E-state index is 13.7. The standard InChI is InChI=1S/C28H19BrN2O4/c29-21-15-18(31(34)35)11-14-22(21)30-27(32)25-19-12-13-20(26(25)28(30)33)24(19)23(16-7-3-1-4-8-16)17-9-5-2-6-10-17/h1-15,19-20,25-26H. The number of allylic oxidation sites excluding steroid dienone is 3. The Labute approximate surface area is 209 Å². The van der Waals surface area contributed by atoms with Crippen molar-refractivity contribution < 1.29 is 14.5 Å². The Balaban J connectivity index is 1.46. The summed E-state index contributed by atoms with van der Waals surface area (Å²) in [5.74, 6) is -1.86. The highest BCUT2D eigenvalue weighted by molar-refractivity contribution is 9.10. The fourth-order valence-corrected chi connectivity index (χ4v) is 6.38. The summed E-state index contributed by atoms with van der Waals surface area (Å²) >= 11 is 3.33. The van der Waals surface area contributed by atoms with Crippen molar-refractivity contribution in [2.45, 2.75) is 0 Å². The summed E-state index contributed by atoms with van der Waals surface area (Å²) in [5.41, 5.74) is 4.54.